The van der Waals surface area contributed by atoms with E-state index in [2.05, 4.69) is 47.5 Å². The fourth-order valence-corrected chi connectivity index (χ4v) is 4.06. The lowest BCUT2D eigenvalue weighted by Gasteiger charge is -2.22. The molecule has 0 saturated heterocycles. The number of rotatable bonds is 12. The predicted molar refractivity (Wildman–Crippen MR) is 152 cm³/mol. The van der Waals surface area contributed by atoms with Gasteiger partial charge in [-0.05, 0) is 76.5 Å². The molecule has 3 nitrogen and oxygen atoms in total. The standard InChI is InChI=1S/C24H31F3N2S.C3H9OP/c1-6-20(17-19(3)28-4)9-10-21-11-12-22(7-2)23(18-21)29(5)14-8-15-30-16-13-24(25,26)27;1-3-4-5-2/h6,11-12,17-18H,4,7-8,13-16H2,1-3,5H3;5H,3H2,1-2H3/b19-17-,20-6-;. The summed E-state index contributed by atoms with van der Waals surface area (Å²) in [6.45, 7) is 15.1. The van der Waals surface area contributed by atoms with Gasteiger partial charge in [-0.25, -0.2) is 0 Å². The van der Waals surface area contributed by atoms with Gasteiger partial charge in [-0.2, -0.15) is 24.9 Å². The molecule has 0 heterocycles. The first kappa shape index (κ1) is 33.3. The summed E-state index contributed by atoms with van der Waals surface area (Å²) in [6.07, 6.45) is 0.778. The van der Waals surface area contributed by atoms with Crippen LogP contribution in [0, 0.1) is 11.8 Å². The number of anilines is 1. The lowest BCUT2D eigenvalue weighted by atomic mass is 10.1. The first-order chi connectivity index (χ1) is 16.6. The number of alkyl halides is 3. The molecule has 35 heavy (non-hydrogen) atoms. The molecule has 0 radical (unpaired) electrons. The Morgan fingerprint density at radius 2 is 2.00 bits per heavy atom. The highest BCUT2D eigenvalue weighted by Crippen LogP contribution is 2.24. The third kappa shape index (κ3) is 16.5. The van der Waals surface area contributed by atoms with E-state index in [0.29, 0.717) is 8.81 Å². The van der Waals surface area contributed by atoms with Crippen LogP contribution >= 0.6 is 20.6 Å². The normalized spacial score (nSPS) is 12.1. The number of hydrogen-bond donors (Lipinski definition) is 0. The first-order valence-electron chi connectivity index (χ1n) is 11.7. The highest BCUT2D eigenvalue weighted by molar-refractivity contribution is 7.99. The molecule has 0 amide bonds. The maximum atomic E-state index is 12.2. The molecule has 8 heteroatoms. The monoisotopic (exact) mass is 528 g/mol. The molecule has 1 aromatic rings. The van der Waals surface area contributed by atoms with Crippen molar-refractivity contribution in [2.45, 2.75) is 53.1 Å². The zero-order valence-electron chi connectivity index (χ0n) is 21.9. The van der Waals surface area contributed by atoms with Crippen LogP contribution in [0.1, 0.15) is 51.7 Å². The summed E-state index contributed by atoms with van der Waals surface area (Å²) in [5.41, 5.74) is 4.96. The molecule has 1 atom stereocenters. The van der Waals surface area contributed by atoms with Crippen molar-refractivity contribution >= 4 is 33.0 Å². The van der Waals surface area contributed by atoms with E-state index in [0.717, 1.165) is 54.3 Å². The van der Waals surface area contributed by atoms with Gasteiger partial charge >= 0.3 is 6.18 Å². The molecule has 0 saturated carbocycles. The van der Waals surface area contributed by atoms with Crippen molar-refractivity contribution < 1.29 is 17.7 Å². The van der Waals surface area contributed by atoms with Crippen LogP contribution in [0.5, 0.6) is 0 Å². The van der Waals surface area contributed by atoms with Crippen LogP contribution in [-0.4, -0.2) is 51.3 Å². The Labute approximate surface area is 216 Å². The number of allylic oxidation sites excluding steroid dienone is 4. The zero-order valence-corrected chi connectivity index (χ0v) is 23.7. The molecular formula is C27H40F3N2OPS. The van der Waals surface area contributed by atoms with E-state index in [9.17, 15) is 13.2 Å². The van der Waals surface area contributed by atoms with Crippen molar-refractivity contribution in [3.8, 4) is 11.8 Å². The van der Waals surface area contributed by atoms with Crippen molar-refractivity contribution in [3.63, 3.8) is 0 Å². The molecule has 1 aromatic carbocycles. The molecule has 0 aliphatic rings. The van der Waals surface area contributed by atoms with E-state index in [1.165, 1.54) is 17.3 Å². The van der Waals surface area contributed by atoms with Gasteiger partial charge in [0, 0.05) is 57.3 Å². The Hall–Kier alpha value is -1.74. The zero-order chi connectivity index (χ0) is 26.7. The van der Waals surface area contributed by atoms with E-state index < -0.39 is 12.6 Å². The molecule has 0 aliphatic carbocycles. The maximum absolute atomic E-state index is 12.2. The number of aliphatic imine (C=N–C) groups is 1. The number of thioether (sulfide) groups is 1. The van der Waals surface area contributed by atoms with Gasteiger partial charge in [-0.3, -0.25) is 4.99 Å². The Morgan fingerprint density at radius 1 is 1.29 bits per heavy atom. The summed E-state index contributed by atoms with van der Waals surface area (Å²) in [7, 11) is 2.68. The van der Waals surface area contributed by atoms with E-state index in [1.807, 2.05) is 52.7 Å². The van der Waals surface area contributed by atoms with Crippen LogP contribution in [0.4, 0.5) is 18.9 Å². The molecule has 0 aromatic heterocycles. The third-order valence-electron chi connectivity index (χ3n) is 4.75. The number of halogens is 3. The molecule has 0 fully saturated rings. The van der Waals surface area contributed by atoms with Crippen molar-refractivity contribution in [3.05, 3.63) is 52.7 Å². The lowest BCUT2D eigenvalue weighted by molar-refractivity contribution is -0.129. The summed E-state index contributed by atoms with van der Waals surface area (Å²) >= 11 is 1.36. The second-order valence-corrected chi connectivity index (χ2v) is 9.45. The molecule has 0 aliphatic heterocycles. The van der Waals surface area contributed by atoms with Gasteiger partial charge in [-0.1, -0.05) is 30.9 Å². The second kappa shape index (κ2) is 19.4. The average molecular weight is 529 g/mol. The third-order valence-corrected chi connectivity index (χ3v) is 6.40. The van der Waals surface area contributed by atoms with E-state index in [4.69, 9.17) is 4.52 Å². The second-order valence-electron chi connectivity index (χ2n) is 7.52. The molecule has 0 spiro atoms. The lowest BCUT2D eigenvalue weighted by Crippen LogP contribution is -2.20. The van der Waals surface area contributed by atoms with Crippen LogP contribution in [0.2, 0.25) is 0 Å². The molecule has 1 rings (SSSR count). The Kier molecular flexibility index (Phi) is 18.5. The fourth-order valence-electron chi connectivity index (χ4n) is 2.86. The van der Waals surface area contributed by atoms with E-state index in [-0.39, 0.29) is 5.75 Å². The van der Waals surface area contributed by atoms with Gasteiger partial charge < -0.3 is 9.42 Å². The highest BCUT2D eigenvalue weighted by Gasteiger charge is 2.25. The number of aryl methyl sites for hydroxylation is 1. The van der Waals surface area contributed by atoms with Crippen LogP contribution in [0.15, 0.2) is 46.6 Å². The summed E-state index contributed by atoms with van der Waals surface area (Å²) in [5.74, 6) is 7.22. The van der Waals surface area contributed by atoms with E-state index in [1.54, 1.807) is 0 Å². The molecule has 196 valence electrons. The van der Waals surface area contributed by atoms with Crippen LogP contribution in [-0.2, 0) is 10.9 Å². The largest absolute Gasteiger partial charge is 0.389 e. The summed E-state index contributed by atoms with van der Waals surface area (Å²) < 4.78 is 41.5. The molecular weight excluding hydrogens is 488 g/mol. The molecule has 0 N–H and O–H groups in total. The van der Waals surface area contributed by atoms with Gasteiger partial charge in [0.2, 0.25) is 0 Å². The van der Waals surface area contributed by atoms with Gasteiger partial charge in [0.15, 0.2) is 0 Å². The van der Waals surface area contributed by atoms with Crippen molar-refractivity contribution in [1.82, 2.24) is 0 Å². The summed E-state index contributed by atoms with van der Waals surface area (Å²) in [4.78, 5) is 6.05. The number of nitrogens with zero attached hydrogens (tertiary/aromatic N) is 2. The van der Waals surface area contributed by atoms with Crippen molar-refractivity contribution in [2.24, 2.45) is 4.99 Å². The molecule has 1 unspecified atom stereocenters. The van der Waals surface area contributed by atoms with Crippen molar-refractivity contribution in [1.29, 1.82) is 0 Å². The minimum absolute atomic E-state index is 0.126. The quantitative estimate of drug-likeness (QED) is 0.0906. The van der Waals surface area contributed by atoms with Gasteiger partial charge in [-0.15, -0.1) is 0 Å². The van der Waals surface area contributed by atoms with Crippen LogP contribution in [0.25, 0.3) is 0 Å². The summed E-state index contributed by atoms with van der Waals surface area (Å²) in [5, 5.41) is 0. The molecule has 0 bridgehead atoms. The van der Waals surface area contributed by atoms with Crippen LogP contribution < -0.4 is 4.90 Å². The first-order valence-corrected chi connectivity index (χ1v) is 14.3. The average Bonchev–Trinajstić information content (AvgIpc) is 2.83. The minimum Gasteiger partial charge on any atom is -0.374 e. The topological polar surface area (TPSA) is 24.8 Å². The van der Waals surface area contributed by atoms with Crippen LogP contribution in [0.3, 0.4) is 0 Å². The Balaban J connectivity index is 0.00000209. The maximum Gasteiger partial charge on any atom is 0.389 e. The number of hydrogen-bond acceptors (Lipinski definition) is 4. The fraction of sp³-hybridized carbons (Fsp3) is 0.519. The Bertz CT molecular complexity index is 871. The highest BCUT2D eigenvalue weighted by atomic mass is 32.2. The minimum atomic E-state index is -4.06. The van der Waals surface area contributed by atoms with Gasteiger partial charge in [0.05, 0.1) is 6.42 Å². The SMILES string of the molecule is C=N/C(C)=C\C(C#Cc1ccc(CC)c(N(C)CCCSCCC(F)(F)F)c1)=C/C.CCOPC. The van der Waals surface area contributed by atoms with Gasteiger partial charge in [0.1, 0.15) is 0 Å². The number of benzene rings is 1. The Morgan fingerprint density at radius 3 is 2.51 bits per heavy atom. The van der Waals surface area contributed by atoms with E-state index >= 15 is 0 Å². The smallest absolute Gasteiger partial charge is 0.374 e. The van der Waals surface area contributed by atoms with Crippen molar-refractivity contribution in [2.75, 3.05) is 43.3 Å². The van der Waals surface area contributed by atoms with Gasteiger partial charge in [0.25, 0.3) is 0 Å². The predicted octanol–water partition coefficient (Wildman–Crippen LogP) is 7.91. The summed E-state index contributed by atoms with van der Waals surface area (Å²) in [6, 6.07) is 6.19.